The van der Waals surface area contributed by atoms with Gasteiger partial charge in [-0.1, -0.05) is 0 Å². The normalized spacial score (nSPS) is 10.9. The van der Waals surface area contributed by atoms with Gasteiger partial charge in [-0.05, 0) is 72.3 Å². The molecule has 5 rings (SSSR count). The molecule has 0 N–H and O–H groups in total. The highest BCUT2D eigenvalue weighted by molar-refractivity contribution is 6.28. The first-order valence-corrected chi connectivity index (χ1v) is 9.26. The van der Waals surface area contributed by atoms with E-state index in [1.54, 1.807) is 21.8 Å². The van der Waals surface area contributed by atoms with Gasteiger partial charge in [-0.25, -0.2) is 14.3 Å². The Morgan fingerprint density at radius 2 is 1.03 bits per heavy atom. The van der Waals surface area contributed by atoms with Crippen molar-refractivity contribution in [2.45, 2.75) is 0 Å². The zero-order chi connectivity index (χ0) is 19.6. The molecule has 0 radical (unpaired) electrons. The summed E-state index contributed by atoms with van der Waals surface area (Å²) in [5.41, 5.74) is 3.60. The first kappa shape index (κ1) is 17.3. The number of hydrogen-bond acceptors (Lipinski definition) is 5. The van der Waals surface area contributed by atoms with Crippen molar-refractivity contribution >= 4 is 11.6 Å². The van der Waals surface area contributed by atoms with E-state index in [-0.39, 0.29) is 5.28 Å². The maximum atomic E-state index is 6.18. The van der Waals surface area contributed by atoms with E-state index in [9.17, 15) is 0 Å². The number of hydrogen-bond donors (Lipinski definition) is 0. The summed E-state index contributed by atoms with van der Waals surface area (Å²) < 4.78 is 3.58. The molecule has 3 heterocycles. The third-order valence-electron chi connectivity index (χ3n) is 4.40. The number of halogens is 1. The number of benzene rings is 2. The van der Waals surface area contributed by atoms with Gasteiger partial charge in [-0.2, -0.15) is 20.2 Å². The Bertz CT molecular complexity index is 1130. The summed E-state index contributed by atoms with van der Waals surface area (Å²) in [4.78, 5) is 13.2. The molecule has 29 heavy (non-hydrogen) atoms. The number of aromatic nitrogens is 7. The highest BCUT2D eigenvalue weighted by atomic mass is 35.5. The van der Waals surface area contributed by atoms with Crippen LogP contribution >= 0.6 is 11.6 Å². The predicted molar refractivity (Wildman–Crippen MR) is 110 cm³/mol. The molecule has 0 aliphatic carbocycles. The third kappa shape index (κ3) is 3.51. The van der Waals surface area contributed by atoms with Crippen molar-refractivity contribution < 1.29 is 0 Å². The lowest BCUT2D eigenvalue weighted by Gasteiger charge is -2.07. The number of nitrogens with zero attached hydrogens (tertiary/aromatic N) is 7. The fourth-order valence-corrected chi connectivity index (χ4v) is 3.14. The quantitative estimate of drug-likeness (QED) is 0.452. The average Bonchev–Trinajstić information content (AvgIpc) is 3.48. The molecule has 0 spiro atoms. The van der Waals surface area contributed by atoms with Crippen molar-refractivity contribution in [1.82, 2.24) is 34.5 Å². The van der Waals surface area contributed by atoms with Gasteiger partial charge in [0.1, 0.15) is 0 Å². The van der Waals surface area contributed by atoms with Gasteiger partial charge in [-0.15, -0.1) is 0 Å². The predicted octanol–water partition coefficient (Wildman–Crippen LogP) is 4.23. The second-order valence-electron chi connectivity index (χ2n) is 6.25. The second kappa shape index (κ2) is 7.29. The van der Waals surface area contributed by atoms with Gasteiger partial charge < -0.3 is 0 Å². The van der Waals surface area contributed by atoms with Crippen LogP contribution in [0.4, 0.5) is 0 Å². The summed E-state index contributed by atoms with van der Waals surface area (Å²) in [6, 6.07) is 19.3. The Hall–Kier alpha value is -3.84. The fourth-order valence-electron chi connectivity index (χ4n) is 2.98. The Kier molecular flexibility index (Phi) is 4.34. The molecule has 0 saturated heterocycles. The molecular weight excluding hydrogens is 386 g/mol. The van der Waals surface area contributed by atoms with Crippen molar-refractivity contribution in [2.24, 2.45) is 0 Å². The molecule has 0 amide bonds. The SMILES string of the molecule is Clc1nc(-c2ccc(-n3cccn3)cc2)nc(-c2ccc(-n3cccn3)cc2)n1. The van der Waals surface area contributed by atoms with Gasteiger partial charge in [0.2, 0.25) is 5.28 Å². The molecule has 8 heteroatoms. The smallest absolute Gasteiger partial charge is 0.226 e. The van der Waals surface area contributed by atoms with Gasteiger partial charge in [0.25, 0.3) is 0 Å². The van der Waals surface area contributed by atoms with Crippen molar-refractivity contribution in [3.63, 3.8) is 0 Å². The van der Waals surface area contributed by atoms with E-state index >= 15 is 0 Å². The lowest BCUT2D eigenvalue weighted by Crippen LogP contribution is -1.99. The van der Waals surface area contributed by atoms with Crippen LogP contribution in [0.5, 0.6) is 0 Å². The Labute approximate surface area is 171 Å². The van der Waals surface area contributed by atoms with Crippen molar-refractivity contribution in [3.8, 4) is 34.2 Å². The van der Waals surface area contributed by atoms with Gasteiger partial charge in [0.05, 0.1) is 11.4 Å². The molecule has 0 aliphatic rings. The van der Waals surface area contributed by atoms with Crippen LogP contribution in [-0.2, 0) is 0 Å². The van der Waals surface area contributed by atoms with Crippen LogP contribution in [0.1, 0.15) is 0 Å². The van der Waals surface area contributed by atoms with Crippen molar-refractivity contribution in [2.75, 3.05) is 0 Å². The van der Waals surface area contributed by atoms with Crippen LogP contribution in [0, 0.1) is 0 Å². The van der Waals surface area contributed by atoms with E-state index in [4.69, 9.17) is 11.6 Å². The van der Waals surface area contributed by atoms with Crippen molar-refractivity contribution in [3.05, 3.63) is 90.7 Å². The summed E-state index contributed by atoms with van der Waals surface area (Å²) in [6.45, 7) is 0. The van der Waals surface area contributed by atoms with E-state index < -0.39 is 0 Å². The van der Waals surface area contributed by atoms with E-state index in [0.29, 0.717) is 11.6 Å². The topological polar surface area (TPSA) is 74.3 Å². The van der Waals surface area contributed by atoms with Gasteiger partial charge in [0.15, 0.2) is 11.6 Å². The molecule has 0 saturated carbocycles. The Balaban J connectivity index is 1.47. The van der Waals surface area contributed by atoms with E-state index in [2.05, 4.69) is 25.1 Å². The molecule has 7 nitrogen and oxygen atoms in total. The minimum Gasteiger partial charge on any atom is -0.241 e. The molecule has 2 aromatic carbocycles. The molecule has 5 aromatic rings. The largest absolute Gasteiger partial charge is 0.241 e. The summed E-state index contributed by atoms with van der Waals surface area (Å²) in [7, 11) is 0. The van der Waals surface area contributed by atoms with Crippen LogP contribution < -0.4 is 0 Å². The third-order valence-corrected chi connectivity index (χ3v) is 4.57. The fraction of sp³-hybridized carbons (Fsp3) is 0. The number of rotatable bonds is 4. The zero-order valence-electron chi connectivity index (χ0n) is 15.1. The van der Waals surface area contributed by atoms with Gasteiger partial charge in [0, 0.05) is 35.9 Å². The lowest BCUT2D eigenvalue weighted by molar-refractivity contribution is 0.880. The maximum Gasteiger partial charge on any atom is 0.226 e. The van der Waals surface area contributed by atoms with E-state index in [1.165, 1.54) is 0 Å². The summed E-state index contributed by atoms with van der Waals surface area (Å²) in [5, 5.41) is 8.61. The standard InChI is InChI=1S/C21H14ClN7/c22-21-26-19(15-3-7-17(8-4-15)28-13-1-11-23-28)25-20(27-21)16-5-9-18(10-6-16)29-14-2-12-24-29/h1-14H. The van der Waals surface area contributed by atoms with Gasteiger partial charge >= 0.3 is 0 Å². The molecule has 0 aliphatic heterocycles. The summed E-state index contributed by atoms with van der Waals surface area (Å²) >= 11 is 6.18. The molecule has 0 fully saturated rings. The van der Waals surface area contributed by atoms with Crippen LogP contribution in [0.3, 0.4) is 0 Å². The molecule has 140 valence electrons. The highest BCUT2D eigenvalue weighted by Gasteiger charge is 2.10. The molecular formula is C21H14ClN7. The first-order valence-electron chi connectivity index (χ1n) is 8.89. The Morgan fingerprint density at radius 1 is 0.586 bits per heavy atom. The van der Waals surface area contributed by atoms with Crippen LogP contribution in [0.25, 0.3) is 34.2 Å². The lowest BCUT2D eigenvalue weighted by atomic mass is 10.1. The van der Waals surface area contributed by atoms with Gasteiger partial charge in [-0.3, -0.25) is 0 Å². The van der Waals surface area contributed by atoms with E-state index in [0.717, 1.165) is 22.5 Å². The van der Waals surface area contributed by atoms with E-state index in [1.807, 2.05) is 73.1 Å². The minimum atomic E-state index is 0.150. The minimum absolute atomic E-state index is 0.150. The van der Waals surface area contributed by atoms with Crippen molar-refractivity contribution in [1.29, 1.82) is 0 Å². The Morgan fingerprint density at radius 3 is 1.41 bits per heavy atom. The second-order valence-corrected chi connectivity index (χ2v) is 6.58. The van der Waals surface area contributed by atoms with Crippen LogP contribution in [0.2, 0.25) is 5.28 Å². The average molecular weight is 400 g/mol. The molecule has 3 aromatic heterocycles. The molecule has 0 bridgehead atoms. The first-order chi connectivity index (χ1) is 14.3. The summed E-state index contributed by atoms with van der Waals surface area (Å²) in [6.07, 6.45) is 7.26. The maximum absolute atomic E-state index is 6.18. The zero-order valence-corrected chi connectivity index (χ0v) is 15.8. The summed E-state index contributed by atoms with van der Waals surface area (Å²) in [5.74, 6) is 1.03. The molecule has 0 unspecified atom stereocenters. The highest BCUT2D eigenvalue weighted by Crippen LogP contribution is 2.23. The van der Waals surface area contributed by atoms with Crippen LogP contribution in [-0.4, -0.2) is 34.5 Å². The monoisotopic (exact) mass is 399 g/mol. The van der Waals surface area contributed by atoms with Crippen LogP contribution in [0.15, 0.2) is 85.5 Å². The molecule has 0 atom stereocenters.